The highest BCUT2D eigenvalue weighted by molar-refractivity contribution is 5.98. The van der Waals surface area contributed by atoms with E-state index in [9.17, 15) is 9.59 Å². The van der Waals surface area contributed by atoms with Crippen molar-refractivity contribution in [2.75, 3.05) is 6.61 Å². The maximum atomic E-state index is 13.4. The lowest BCUT2D eigenvalue weighted by Crippen LogP contribution is -2.31. The molecule has 0 saturated heterocycles. The molecule has 0 bridgehead atoms. The van der Waals surface area contributed by atoms with Crippen LogP contribution in [0.3, 0.4) is 0 Å². The summed E-state index contributed by atoms with van der Waals surface area (Å²) in [5.41, 5.74) is 3.10. The monoisotopic (exact) mass is 422 g/mol. The number of hydrogen-bond acceptors (Lipinski definition) is 4. The molecule has 0 unspecified atom stereocenters. The number of pyridine rings is 1. The lowest BCUT2D eigenvalue weighted by molar-refractivity contribution is 0.0942. The summed E-state index contributed by atoms with van der Waals surface area (Å²) in [5, 5.41) is 3.02. The van der Waals surface area contributed by atoms with Gasteiger partial charge in [0.15, 0.2) is 0 Å². The van der Waals surface area contributed by atoms with Crippen molar-refractivity contribution in [3.05, 3.63) is 57.8 Å². The Morgan fingerprint density at radius 2 is 2.03 bits per heavy atom. The number of para-hydroxylation sites is 2. The number of benzene rings is 1. The first kappa shape index (κ1) is 21.2. The van der Waals surface area contributed by atoms with Gasteiger partial charge in [-0.15, -0.1) is 0 Å². The van der Waals surface area contributed by atoms with E-state index in [-0.39, 0.29) is 17.4 Å². The van der Waals surface area contributed by atoms with Gasteiger partial charge in [0.05, 0.1) is 24.2 Å². The van der Waals surface area contributed by atoms with Gasteiger partial charge in [-0.3, -0.25) is 9.59 Å². The molecule has 31 heavy (non-hydrogen) atoms. The van der Waals surface area contributed by atoms with Gasteiger partial charge in [-0.05, 0) is 37.3 Å². The minimum Gasteiger partial charge on any atom is -0.492 e. The molecule has 1 aromatic carbocycles. The fraction of sp³-hybridized carbons (Fsp3) is 0.458. The molecule has 0 aliphatic carbocycles. The number of carbonyl (C=O) groups is 1. The van der Waals surface area contributed by atoms with Crippen LogP contribution in [-0.2, 0) is 26.6 Å². The quantitative estimate of drug-likeness (QED) is 0.660. The number of hydrogen-bond donors (Lipinski definition) is 1. The van der Waals surface area contributed by atoms with Crippen molar-refractivity contribution in [3.8, 4) is 5.75 Å². The fourth-order valence-electron chi connectivity index (χ4n) is 4.13. The van der Waals surface area contributed by atoms with Gasteiger partial charge < -0.3 is 19.2 Å². The third kappa shape index (κ3) is 4.36. The van der Waals surface area contributed by atoms with Crippen molar-refractivity contribution in [3.63, 3.8) is 0 Å². The summed E-state index contributed by atoms with van der Waals surface area (Å²) < 4.78 is 9.67. The molecule has 0 radical (unpaired) electrons. The number of aromatic nitrogens is 3. The summed E-state index contributed by atoms with van der Waals surface area (Å²) in [7, 11) is 1.95. The van der Waals surface area contributed by atoms with Crippen LogP contribution in [0.5, 0.6) is 5.75 Å². The van der Waals surface area contributed by atoms with Gasteiger partial charge in [-0.1, -0.05) is 32.4 Å². The van der Waals surface area contributed by atoms with E-state index < -0.39 is 0 Å². The minimum absolute atomic E-state index is 0.0949. The number of carbonyl (C=O) groups excluding carboxylic acids is 1. The molecule has 1 amide bonds. The summed E-state index contributed by atoms with van der Waals surface area (Å²) in [5.74, 6) is 1.22. The summed E-state index contributed by atoms with van der Waals surface area (Å²) in [6.45, 7) is 5.48. The fourth-order valence-corrected chi connectivity index (χ4v) is 4.13. The van der Waals surface area contributed by atoms with Crippen molar-refractivity contribution in [2.45, 2.75) is 52.6 Å². The highest BCUT2D eigenvalue weighted by Gasteiger charge is 2.24. The highest BCUT2D eigenvalue weighted by Crippen LogP contribution is 2.25. The zero-order valence-corrected chi connectivity index (χ0v) is 18.5. The number of nitrogens with one attached hydrogen (secondary N) is 1. The molecular weight excluding hydrogens is 392 g/mol. The largest absolute Gasteiger partial charge is 0.492 e. The van der Waals surface area contributed by atoms with Crippen LogP contribution in [0.4, 0.5) is 0 Å². The SMILES string of the molecule is CC(C)COc1cc(=O)n2c(c1C(=O)NCc1nc3ccccc3n1C)CCCCC2. The van der Waals surface area contributed by atoms with Crippen LogP contribution in [0.15, 0.2) is 35.1 Å². The molecule has 4 rings (SSSR count). The lowest BCUT2D eigenvalue weighted by Gasteiger charge is -2.19. The topological polar surface area (TPSA) is 78.2 Å². The standard InChI is InChI=1S/C24H30N4O3/c1-16(2)15-31-20-13-22(29)28-12-8-4-5-11-19(28)23(20)24(30)25-14-21-26-17-9-6-7-10-18(17)27(21)3/h6-7,9-10,13,16H,4-5,8,11-12,14-15H2,1-3H3,(H,25,30). The Bertz CT molecular complexity index is 1160. The molecule has 164 valence electrons. The Kier molecular flexibility index (Phi) is 6.11. The molecule has 0 atom stereocenters. The number of imidazole rings is 1. The molecule has 2 aromatic heterocycles. The van der Waals surface area contributed by atoms with E-state index in [0.717, 1.165) is 41.8 Å². The summed E-state index contributed by atoms with van der Waals surface area (Å²) in [4.78, 5) is 30.7. The van der Waals surface area contributed by atoms with E-state index in [1.807, 2.05) is 49.7 Å². The zero-order valence-electron chi connectivity index (χ0n) is 18.5. The van der Waals surface area contributed by atoms with E-state index in [1.165, 1.54) is 6.07 Å². The van der Waals surface area contributed by atoms with Crippen LogP contribution < -0.4 is 15.6 Å². The predicted molar refractivity (Wildman–Crippen MR) is 120 cm³/mol. The van der Waals surface area contributed by atoms with Gasteiger partial charge in [-0.2, -0.15) is 0 Å². The number of fused-ring (bicyclic) bond motifs is 2. The molecule has 1 aliphatic heterocycles. The third-order valence-electron chi connectivity index (χ3n) is 5.76. The maximum absolute atomic E-state index is 13.4. The van der Waals surface area contributed by atoms with E-state index in [1.54, 1.807) is 4.57 Å². The van der Waals surface area contributed by atoms with Gasteiger partial charge in [-0.25, -0.2) is 4.98 Å². The van der Waals surface area contributed by atoms with Crippen molar-refractivity contribution >= 4 is 16.9 Å². The lowest BCUT2D eigenvalue weighted by atomic mass is 10.1. The minimum atomic E-state index is -0.225. The van der Waals surface area contributed by atoms with Crippen LogP contribution in [0.2, 0.25) is 0 Å². The van der Waals surface area contributed by atoms with Crippen molar-refractivity contribution in [2.24, 2.45) is 13.0 Å². The zero-order chi connectivity index (χ0) is 22.0. The predicted octanol–water partition coefficient (Wildman–Crippen LogP) is 3.43. The number of nitrogens with zero attached hydrogens (tertiary/aromatic N) is 3. The van der Waals surface area contributed by atoms with Gasteiger partial charge in [0.1, 0.15) is 17.1 Å². The molecule has 0 fully saturated rings. The van der Waals surface area contributed by atoms with Crippen molar-refractivity contribution < 1.29 is 9.53 Å². The first-order valence-electron chi connectivity index (χ1n) is 11.0. The first-order chi connectivity index (χ1) is 15.0. The van der Waals surface area contributed by atoms with Crippen LogP contribution in [-0.4, -0.2) is 26.6 Å². The van der Waals surface area contributed by atoms with E-state index in [4.69, 9.17) is 4.74 Å². The third-order valence-corrected chi connectivity index (χ3v) is 5.76. The van der Waals surface area contributed by atoms with Gasteiger partial charge in [0.25, 0.3) is 11.5 Å². The van der Waals surface area contributed by atoms with Crippen molar-refractivity contribution in [1.29, 1.82) is 0 Å². The molecule has 3 aromatic rings. The van der Waals surface area contributed by atoms with Crippen LogP contribution in [0.25, 0.3) is 11.0 Å². The van der Waals surface area contributed by atoms with Gasteiger partial charge >= 0.3 is 0 Å². The highest BCUT2D eigenvalue weighted by atomic mass is 16.5. The Balaban J connectivity index is 1.66. The second kappa shape index (κ2) is 8.96. The Morgan fingerprint density at radius 3 is 2.81 bits per heavy atom. The molecule has 0 saturated carbocycles. The Labute approximate surface area is 182 Å². The smallest absolute Gasteiger partial charge is 0.257 e. The number of aryl methyl sites for hydroxylation is 1. The average Bonchev–Trinajstić information content (AvgIpc) is 2.91. The number of ether oxygens (including phenoxy) is 1. The van der Waals surface area contributed by atoms with E-state index in [0.29, 0.717) is 37.4 Å². The van der Waals surface area contributed by atoms with E-state index in [2.05, 4.69) is 10.3 Å². The molecule has 3 heterocycles. The molecule has 7 nitrogen and oxygen atoms in total. The maximum Gasteiger partial charge on any atom is 0.257 e. The normalized spacial score (nSPS) is 13.8. The average molecular weight is 423 g/mol. The Morgan fingerprint density at radius 1 is 1.23 bits per heavy atom. The summed E-state index contributed by atoms with van der Waals surface area (Å²) in [6, 6.07) is 9.37. The second-order valence-electron chi connectivity index (χ2n) is 8.59. The van der Waals surface area contributed by atoms with Gasteiger partial charge in [0, 0.05) is 25.4 Å². The summed E-state index contributed by atoms with van der Waals surface area (Å²) >= 11 is 0. The second-order valence-corrected chi connectivity index (χ2v) is 8.59. The molecule has 7 heteroatoms. The molecule has 1 aliphatic rings. The number of amides is 1. The summed E-state index contributed by atoms with van der Waals surface area (Å²) in [6.07, 6.45) is 3.64. The van der Waals surface area contributed by atoms with Crippen molar-refractivity contribution in [1.82, 2.24) is 19.4 Å². The van der Waals surface area contributed by atoms with Crippen LogP contribution >= 0.6 is 0 Å². The Hall–Kier alpha value is -3.09. The van der Waals surface area contributed by atoms with Crippen LogP contribution in [0, 0.1) is 5.92 Å². The molecular formula is C24H30N4O3. The molecule has 1 N–H and O–H groups in total. The molecule has 0 spiro atoms. The number of rotatable bonds is 6. The van der Waals surface area contributed by atoms with Crippen LogP contribution in [0.1, 0.15) is 55.0 Å². The first-order valence-corrected chi connectivity index (χ1v) is 11.0. The van der Waals surface area contributed by atoms with E-state index >= 15 is 0 Å². The van der Waals surface area contributed by atoms with Gasteiger partial charge in [0.2, 0.25) is 0 Å².